The van der Waals surface area contributed by atoms with Crippen molar-refractivity contribution in [3.05, 3.63) is 21.9 Å². The van der Waals surface area contributed by atoms with Gasteiger partial charge in [-0.15, -0.1) is 11.3 Å². The third-order valence-electron chi connectivity index (χ3n) is 1.47. The van der Waals surface area contributed by atoms with Crippen LogP contribution in [0.4, 0.5) is 0 Å². The van der Waals surface area contributed by atoms with E-state index in [1.165, 1.54) is 0 Å². The molecular weight excluding hydrogens is 158 g/mol. The number of rotatable bonds is 2. The SMILES string of the molecule is CC(C)(O)c1ccc(CN)s1. The fourth-order valence-corrected chi connectivity index (χ4v) is 1.70. The van der Waals surface area contributed by atoms with Crippen molar-refractivity contribution in [1.29, 1.82) is 0 Å². The van der Waals surface area contributed by atoms with Gasteiger partial charge in [0, 0.05) is 16.3 Å². The molecule has 0 aliphatic carbocycles. The number of hydrogen-bond donors (Lipinski definition) is 2. The predicted octanol–water partition coefficient (Wildman–Crippen LogP) is 1.43. The quantitative estimate of drug-likeness (QED) is 0.707. The van der Waals surface area contributed by atoms with Gasteiger partial charge >= 0.3 is 0 Å². The molecule has 1 heterocycles. The Morgan fingerprint density at radius 3 is 2.45 bits per heavy atom. The van der Waals surface area contributed by atoms with E-state index in [4.69, 9.17) is 5.73 Å². The van der Waals surface area contributed by atoms with Crippen LogP contribution in [0.25, 0.3) is 0 Å². The summed E-state index contributed by atoms with van der Waals surface area (Å²) in [5.41, 5.74) is 4.71. The maximum absolute atomic E-state index is 9.57. The van der Waals surface area contributed by atoms with Crippen LogP contribution in [0.3, 0.4) is 0 Å². The molecule has 0 aliphatic rings. The maximum Gasteiger partial charge on any atom is 0.0932 e. The molecule has 62 valence electrons. The number of hydrogen-bond acceptors (Lipinski definition) is 3. The zero-order valence-corrected chi connectivity index (χ0v) is 7.61. The minimum absolute atomic E-state index is 0.556. The summed E-state index contributed by atoms with van der Waals surface area (Å²) < 4.78 is 0. The Kier molecular flexibility index (Phi) is 2.32. The molecule has 0 saturated heterocycles. The lowest BCUT2D eigenvalue weighted by molar-refractivity contribution is 0.0825. The van der Waals surface area contributed by atoms with Crippen molar-refractivity contribution in [3.63, 3.8) is 0 Å². The van der Waals surface area contributed by atoms with Crippen molar-refractivity contribution < 1.29 is 5.11 Å². The van der Waals surface area contributed by atoms with Gasteiger partial charge in [-0.3, -0.25) is 0 Å². The first-order chi connectivity index (χ1) is 5.04. The molecule has 3 N–H and O–H groups in total. The van der Waals surface area contributed by atoms with Crippen LogP contribution in [0.5, 0.6) is 0 Å². The highest BCUT2D eigenvalue weighted by molar-refractivity contribution is 7.12. The van der Waals surface area contributed by atoms with E-state index < -0.39 is 5.60 Å². The first kappa shape index (κ1) is 8.71. The molecule has 0 aromatic carbocycles. The molecule has 11 heavy (non-hydrogen) atoms. The number of nitrogens with two attached hydrogens (primary N) is 1. The van der Waals surface area contributed by atoms with E-state index in [1.807, 2.05) is 12.1 Å². The molecule has 1 aromatic heterocycles. The third-order valence-corrected chi connectivity index (χ3v) is 2.89. The van der Waals surface area contributed by atoms with E-state index in [0.29, 0.717) is 6.54 Å². The number of thiophene rings is 1. The fraction of sp³-hybridized carbons (Fsp3) is 0.500. The molecule has 3 heteroatoms. The predicted molar refractivity (Wildman–Crippen MR) is 47.5 cm³/mol. The Morgan fingerprint density at radius 2 is 2.18 bits per heavy atom. The topological polar surface area (TPSA) is 46.2 Å². The van der Waals surface area contributed by atoms with E-state index in [0.717, 1.165) is 9.75 Å². The first-order valence-electron chi connectivity index (χ1n) is 3.55. The zero-order chi connectivity index (χ0) is 8.48. The highest BCUT2D eigenvalue weighted by Gasteiger charge is 2.17. The summed E-state index contributed by atoms with van der Waals surface area (Å²) in [4.78, 5) is 2.08. The van der Waals surface area contributed by atoms with Crippen molar-refractivity contribution in [2.24, 2.45) is 5.73 Å². The van der Waals surface area contributed by atoms with Gasteiger partial charge in [0.05, 0.1) is 5.60 Å². The van der Waals surface area contributed by atoms with Crippen LogP contribution < -0.4 is 5.73 Å². The van der Waals surface area contributed by atoms with Crippen molar-refractivity contribution in [2.45, 2.75) is 26.0 Å². The zero-order valence-electron chi connectivity index (χ0n) is 6.79. The first-order valence-corrected chi connectivity index (χ1v) is 4.37. The number of aliphatic hydroxyl groups is 1. The average molecular weight is 171 g/mol. The van der Waals surface area contributed by atoms with Gasteiger partial charge in [0.25, 0.3) is 0 Å². The summed E-state index contributed by atoms with van der Waals surface area (Å²) >= 11 is 1.56. The monoisotopic (exact) mass is 171 g/mol. The summed E-state index contributed by atoms with van der Waals surface area (Å²) in [6, 6.07) is 3.88. The van der Waals surface area contributed by atoms with Crippen LogP contribution in [-0.2, 0) is 12.1 Å². The molecule has 0 atom stereocenters. The molecule has 1 rings (SSSR count). The van der Waals surface area contributed by atoms with Crippen molar-refractivity contribution >= 4 is 11.3 Å². The smallest absolute Gasteiger partial charge is 0.0932 e. The summed E-state index contributed by atoms with van der Waals surface area (Å²) in [7, 11) is 0. The molecule has 0 bridgehead atoms. The Bertz CT molecular complexity index is 236. The average Bonchev–Trinajstić information content (AvgIpc) is 2.32. The van der Waals surface area contributed by atoms with Gasteiger partial charge in [-0.25, -0.2) is 0 Å². The molecule has 1 aromatic rings. The van der Waals surface area contributed by atoms with Crippen molar-refractivity contribution in [3.8, 4) is 0 Å². The summed E-state index contributed by atoms with van der Waals surface area (Å²) in [5.74, 6) is 0. The minimum atomic E-state index is -0.724. The van der Waals surface area contributed by atoms with E-state index in [2.05, 4.69) is 0 Å². The lowest BCUT2D eigenvalue weighted by Crippen LogP contribution is -2.12. The van der Waals surface area contributed by atoms with Gasteiger partial charge in [0.2, 0.25) is 0 Å². The van der Waals surface area contributed by atoms with Crippen LogP contribution in [0.15, 0.2) is 12.1 Å². The fourth-order valence-electron chi connectivity index (χ4n) is 0.816. The van der Waals surface area contributed by atoms with Crippen molar-refractivity contribution in [1.82, 2.24) is 0 Å². The maximum atomic E-state index is 9.57. The van der Waals surface area contributed by atoms with E-state index in [-0.39, 0.29) is 0 Å². The van der Waals surface area contributed by atoms with Crippen LogP contribution in [0.1, 0.15) is 23.6 Å². The second kappa shape index (κ2) is 2.93. The molecule has 0 spiro atoms. The standard InChI is InChI=1S/C8H13NOS/c1-8(2,10)7-4-3-6(5-9)11-7/h3-4,10H,5,9H2,1-2H3. The Hall–Kier alpha value is -0.380. The molecule has 0 saturated carbocycles. The minimum Gasteiger partial charge on any atom is -0.385 e. The second-order valence-corrected chi connectivity index (χ2v) is 4.20. The largest absolute Gasteiger partial charge is 0.385 e. The van der Waals surface area contributed by atoms with Crippen LogP contribution in [0.2, 0.25) is 0 Å². The molecule has 0 fully saturated rings. The Morgan fingerprint density at radius 1 is 1.55 bits per heavy atom. The molecule has 0 amide bonds. The van der Waals surface area contributed by atoms with Gasteiger partial charge in [0.1, 0.15) is 0 Å². The van der Waals surface area contributed by atoms with E-state index >= 15 is 0 Å². The summed E-state index contributed by atoms with van der Waals surface area (Å²) in [5, 5.41) is 9.57. The third kappa shape index (κ3) is 2.02. The Balaban J connectivity index is 2.89. The van der Waals surface area contributed by atoms with Crippen molar-refractivity contribution in [2.75, 3.05) is 0 Å². The highest BCUT2D eigenvalue weighted by atomic mass is 32.1. The van der Waals surface area contributed by atoms with Crippen LogP contribution >= 0.6 is 11.3 Å². The van der Waals surface area contributed by atoms with E-state index in [1.54, 1.807) is 25.2 Å². The molecule has 0 radical (unpaired) electrons. The lowest BCUT2D eigenvalue weighted by atomic mass is 10.1. The summed E-state index contributed by atoms with van der Waals surface area (Å²) in [6.07, 6.45) is 0. The normalized spacial score (nSPS) is 12.0. The lowest BCUT2D eigenvalue weighted by Gasteiger charge is -2.13. The van der Waals surface area contributed by atoms with Gasteiger partial charge in [-0.2, -0.15) is 0 Å². The van der Waals surface area contributed by atoms with Crippen LogP contribution in [0, 0.1) is 0 Å². The molecule has 0 aliphatic heterocycles. The van der Waals surface area contributed by atoms with Gasteiger partial charge < -0.3 is 10.8 Å². The molecule has 0 unspecified atom stereocenters. The second-order valence-electron chi connectivity index (χ2n) is 3.03. The van der Waals surface area contributed by atoms with Crippen LogP contribution in [-0.4, -0.2) is 5.11 Å². The molecule has 2 nitrogen and oxygen atoms in total. The summed E-state index contributed by atoms with van der Waals surface area (Å²) in [6.45, 7) is 4.11. The Labute approximate surface area is 70.7 Å². The van der Waals surface area contributed by atoms with Gasteiger partial charge in [-0.1, -0.05) is 0 Å². The molecular formula is C8H13NOS. The van der Waals surface area contributed by atoms with Gasteiger partial charge in [0.15, 0.2) is 0 Å². The highest BCUT2D eigenvalue weighted by Crippen LogP contribution is 2.27. The van der Waals surface area contributed by atoms with E-state index in [9.17, 15) is 5.11 Å². The van der Waals surface area contributed by atoms with Gasteiger partial charge in [-0.05, 0) is 26.0 Å².